The molecule has 0 bridgehead atoms. The van der Waals surface area contributed by atoms with E-state index in [2.05, 4.69) is 15.0 Å². The lowest BCUT2D eigenvalue weighted by Gasteiger charge is -2.25. The van der Waals surface area contributed by atoms with E-state index in [1.165, 1.54) is 10.5 Å². The van der Waals surface area contributed by atoms with E-state index < -0.39 is 16.2 Å². The van der Waals surface area contributed by atoms with E-state index >= 15 is 0 Å². The molecule has 0 radical (unpaired) electrons. The molecule has 1 saturated heterocycles. The van der Waals surface area contributed by atoms with Gasteiger partial charge in [0.15, 0.2) is 0 Å². The molecule has 0 amide bonds. The van der Waals surface area contributed by atoms with E-state index in [4.69, 9.17) is 9.84 Å². The number of ether oxygens (including phenoxy) is 1. The van der Waals surface area contributed by atoms with E-state index in [0.717, 1.165) is 4.68 Å². The fourth-order valence-electron chi connectivity index (χ4n) is 1.68. The van der Waals surface area contributed by atoms with E-state index in [-0.39, 0.29) is 13.1 Å². The number of carboxylic acid groups (broad SMARTS) is 1. The zero-order valence-corrected chi connectivity index (χ0v) is 11.4. The highest BCUT2D eigenvalue weighted by Gasteiger charge is 2.24. The van der Waals surface area contributed by atoms with Gasteiger partial charge in [-0.1, -0.05) is 5.21 Å². The van der Waals surface area contributed by atoms with Crippen molar-refractivity contribution in [1.82, 2.24) is 24.0 Å². The molecule has 1 aliphatic heterocycles. The molecule has 112 valence electrons. The van der Waals surface area contributed by atoms with Gasteiger partial charge in [0.25, 0.3) is 10.2 Å². The Morgan fingerprint density at radius 2 is 2.15 bits per heavy atom. The van der Waals surface area contributed by atoms with Crippen LogP contribution in [0.25, 0.3) is 0 Å². The summed E-state index contributed by atoms with van der Waals surface area (Å²) in [7, 11) is -3.59. The average Bonchev–Trinajstić information content (AvgIpc) is 2.84. The quantitative estimate of drug-likeness (QED) is 0.624. The normalized spacial score (nSPS) is 17.2. The van der Waals surface area contributed by atoms with Gasteiger partial charge < -0.3 is 9.84 Å². The highest BCUT2D eigenvalue weighted by molar-refractivity contribution is 7.87. The van der Waals surface area contributed by atoms with Crippen molar-refractivity contribution in [3.05, 3.63) is 11.9 Å². The Balaban J connectivity index is 1.90. The Morgan fingerprint density at radius 1 is 1.45 bits per heavy atom. The molecule has 0 aliphatic carbocycles. The van der Waals surface area contributed by atoms with Crippen LogP contribution in [0, 0.1) is 0 Å². The second-order valence-electron chi connectivity index (χ2n) is 4.14. The molecule has 1 aliphatic rings. The van der Waals surface area contributed by atoms with Crippen LogP contribution in [0.3, 0.4) is 0 Å². The monoisotopic (exact) mass is 305 g/mol. The first-order valence-electron chi connectivity index (χ1n) is 5.90. The van der Waals surface area contributed by atoms with Gasteiger partial charge in [-0.25, -0.2) is 4.68 Å². The van der Waals surface area contributed by atoms with Crippen LogP contribution in [0.5, 0.6) is 0 Å². The minimum absolute atomic E-state index is 0.0424. The molecule has 1 aromatic rings. The summed E-state index contributed by atoms with van der Waals surface area (Å²) in [4.78, 5) is 10.5. The third-order valence-corrected chi connectivity index (χ3v) is 4.18. The maximum absolute atomic E-state index is 12.0. The van der Waals surface area contributed by atoms with Crippen LogP contribution in [0.2, 0.25) is 0 Å². The summed E-state index contributed by atoms with van der Waals surface area (Å²) in [6.45, 7) is 0.996. The van der Waals surface area contributed by atoms with Gasteiger partial charge in [0.1, 0.15) is 6.54 Å². The van der Waals surface area contributed by atoms with Gasteiger partial charge in [0, 0.05) is 13.1 Å². The molecule has 11 heteroatoms. The zero-order valence-electron chi connectivity index (χ0n) is 10.6. The highest BCUT2D eigenvalue weighted by Crippen LogP contribution is 2.04. The van der Waals surface area contributed by atoms with Crippen LogP contribution in [0.15, 0.2) is 6.20 Å². The van der Waals surface area contributed by atoms with Crippen molar-refractivity contribution in [3.63, 3.8) is 0 Å². The second kappa shape index (κ2) is 6.26. The van der Waals surface area contributed by atoms with Crippen LogP contribution in [0.4, 0.5) is 0 Å². The number of carbonyl (C=O) groups is 1. The largest absolute Gasteiger partial charge is 0.480 e. The van der Waals surface area contributed by atoms with Gasteiger partial charge >= 0.3 is 5.97 Å². The Morgan fingerprint density at radius 3 is 2.80 bits per heavy atom. The molecule has 0 atom stereocenters. The van der Waals surface area contributed by atoms with E-state index in [0.29, 0.717) is 32.0 Å². The summed E-state index contributed by atoms with van der Waals surface area (Å²) in [5.41, 5.74) is 0.350. The molecular weight excluding hydrogens is 290 g/mol. The Hall–Kier alpha value is -1.56. The molecule has 2 heterocycles. The molecular formula is C9H15N5O5S. The Labute approximate surface area is 115 Å². The van der Waals surface area contributed by atoms with Crippen molar-refractivity contribution in [2.75, 3.05) is 26.3 Å². The van der Waals surface area contributed by atoms with E-state index in [1.807, 2.05) is 0 Å². The number of morpholine rings is 1. The number of nitrogens with one attached hydrogen (secondary N) is 1. The first kappa shape index (κ1) is 14.8. The molecule has 0 saturated carbocycles. The highest BCUT2D eigenvalue weighted by atomic mass is 32.2. The molecule has 1 fully saturated rings. The van der Waals surface area contributed by atoms with Gasteiger partial charge in [-0.05, 0) is 0 Å². The first-order chi connectivity index (χ1) is 9.47. The topological polar surface area (TPSA) is 127 Å². The Kier molecular flexibility index (Phi) is 4.65. The summed E-state index contributed by atoms with van der Waals surface area (Å²) >= 11 is 0. The van der Waals surface area contributed by atoms with Crippen LogP contribution in [0.1, 0.15) is 5.69 Å². The minimum atomic E-state index is -3.59. The lowest BCUT2D eigenvalue weighted by molar-refractivity contribution is -0.137. The van der Waals surface area contributed by atoms with Crippen LogP contribution >= 0.6 is 0 Å². The summed E-state index contributed by atoms with van der Waals surface area (Å²) in [5.74, 6) is -1.05. The SMILES string of the molecule is O=C(O)Cn1cc(CNS(=O)(=O)N2CCOCC2)nn1. The summed E-state index contributed by atoms with van der Waals surface area (Å²) in [6, 6.07) is 0. The third-order valence-electron chi connectivity index (χ3n) is 2.63. The Bertz CT molecular complexity index is 565. The standard InChI is InChI=1S/C9H15N5O5S/c15-9(16)7-13-6-8(11-12-13)5-10-20(17,18)14-1-3-19-4-2-14/h6,10H,1-5,7H2,(H,15,16). The molecule has 10 nitrogen and oxygen atoms in total. The number of aliphatic carboxylic acids is 1. The van der Waals surface area contributed by atoms with Gasteiger partial charge in [-0.3, -0.25) is 4.79 Å². The van der Waals surface area contributed by atoms with E-state index in [9.17, 15) is 13.2 Å². The zero-order chi connectivity index (χ0) is 14.6. The first-order valence-corrected chi connectivity index (χ1v) is 7.35. The van der Waals surface area contributed by atoms with Crippen molar-refractivity contribution < 1.29 is 23.1 Å². The van der Waals surface area contributed by atoms with Crippen molar-refractivity contribution in [2.24, 2.45) is 0 Å². The van der Waals surface area contributed by atoms with Crippen molar-refractivity contribution in [3.8, 4) is 0 Å². The lowest BCUT2D eigenvalue weighted by atomic mass is 10.5. The number of aromatic nitrogens is 3. The van der Waals surface area contributed by atoms with Crippen molar-refractivity contribution in [2.45, 2.75) is 13.1 Å². The predicted molar refractivity (Wildman–Crippen MR) is 65.8 cm³/mol. The maximum Gasteiger partial charge on any atom is 0.325 e. The number of nitrogens with zero attached hydrogens (tertiary/aromatic N) is 4. The fourth-order valence-corrected chi connectivity index (χ4v) is 2.82. The molecule has 0 unspecified atom stereocenters. The smallest absolute Gasteiger partial charge is 0.325 e. The molecule has 1 aromatic heterocycles. The van der Waals surface area contributed by atoms with Gasteiger partial charge in [-0.15, -0.1) is 5.10 Å². The molecule has 0 aromatic carbocycles. The summed E-state index contributed by atoms with van der Waals surface area (Å²) < 4.78 is 33.8. The van der Waals surface area contributed by atoms with Crippen LogP contribution in [-0.4, -0.2) is 65.1 Å². The minimum Gasteiger partial charge on any atom is -0.480 e. The van der Waals surface area contributed by atoms with Gasteiger partial charge in [-0.2, -0.15) is 17.4 Å². The number of carboxylic acids is 1. The van der Waals surface area contributed by atoms with Gasteiger partial charge in [0.2, 0.25) is 0 Å². The van der Waals surface area contributed by atoms with Gasteiger partial charge in [0.05, 0.1) is 31.6 Å². The second-order valence-corrected chi connectivity index (χ2v) is 5.89. The summed E-state index contributed by atoms with van der Waals surface area (Å²) in [5, 5.41) is 15.9. The van der Waals surface area contributed by atoms with Crippen LogP contribution in [-0.2, 0) is 32.8 Å². The molecule has 2 rings (SSSR count). The number of hydrogen-bond donors (Lipinski definition) is 2. The van der Waals surface area contributed by atoms with Crippen LogP contribution < -0.4 is 4.72 Å². The molecule has 20 heavy (non-hydrogen) atoms. The third kappa shape index (κ3) is 3.96. The van der Waals surface area contributed by atoms with Crippen molar-refractivity contribution >= 4 is 16.2 Å². The maximum atomic E-state index is 12.0. The fraction of sp³-hybridized carbons (Fsp3) is 0.667. The van der Waals surface area contributed by atoms with Crippen molar-refractivity contribution in [1.29, 1.82) is 0 Å². The molecule has 2 N–H and O–H groups in total. The number of rotatable bonds is 6. The number of hydrogen-bond acceptors (Lipinski definition) is 6. The van der Waals surface area contributed by atoms with E-state index in [1.54, 1.807) is 0 Å². The lowest BCUT2D eigenvalue weighted by Crippen LogP contribution is -2.46. The average molecular weight is 305 g/mol. The molecule has 0 spiro atoms. The predicted octanol–water partition coefficient (Wildman–Crippen LogP) is -1.97. The summed E-state index contributed by atoms with van der Waals surface area (Å²) in [6.07, 6.45) is 1.38.